The molecule has 3 nitrogen and oxygen atoms in total. The fraction of sp³-hybridized carbons (Fsp3) is 0.455. The van der Waals surface area contributed by atoms with Gasteiger partial charge < -0.3 is 4.90 Å². The Labute approximate surface area is 118 Å². The van der Waals surface area contributed by atoms with Crippen LogP contribution in [0, 0.1) is 12.3 Å². The summed E-state index contributed by atoms with van der Waals surface area (Å²) in [7, 11) is -10.7. The van der Waals surface area contributed by atoms with Crippen LogP contribution in [0.5, 0.6) is 0 Å². The third kappa shape index (κ3) is 10.9. The minimum absolute atomic E-state index is 0.610. The Kier molecular flexibility index (Phi) is 5.26. The first kappa shape index (κ1) is 19.4. The first-order valence-electron chi connectivity index (χ1n) is 5.95. The van der Waals surface area contributed by atoms with Gasteiger partial charge in [-0.2, -0.15) is 0 Å². The molecule has 1 aromatic rings. The summed E-state index contributed by atoms with van der Waals surface area (Å²) in [5.74, 6) is 0. The maximum absolute atomic E-state index is 10.7. The molecule has 1 rings (SSSR count). The van der Waals surface area contributed by atoms with Crippen LogP contribution in [-0.4, -0.2) is 13.1 Å². The molecule has 10 heteroatoms. The first-order valence-corrected chi connectivity index (χ1v) is 7.97. The van der Waals surface area contributed by atoms with Gasteiger partial charge >= 0.3 is 38.7 Å². The molecule has 122 valence electrons. The SMILES string of the molecule is CCN(CC)c1ccc([N+]#N)cc1C.F[P-](F)(F)(F)(F)F. The molecule has 0 heterocycles. The number of halogens is 6. The summed E-state index contributed by atoms with van der Waals surface area (Å²) >= 11 is 0. The van der Waals surface area contributed by atoms with Crippen molar-refractivity contribution in [2.75, 3.05) is 18.0 Å². The van der Waals surface area contributed by atoms with Crippen molar-refractivity contribution in [2.24, 2.45) is 0 Å². The zero-order valence-corrected chi connectivity index (χ0v) is 12.6. The number of anilines is 1. The molecule has 0 bridgehead atoms. The third-order valence-electron chi connectivity index (χ3n) is 2.40. The summed E-state index contributed by atoms with van der Waals surface area (Å²) in [6, 6.07) is 5.70. The van der Waals surface area contributed by atoms with Crippen LogP contribution in [0.3, 0.4) is 0 Å². The number of hydrogen-bond donors (Lipinski definition) is 0. The van der Waals surface area contributed by atoms with Crippen molar-refractivity contribution < 1.29 is 25.2 Å². The van der Waals surface area contributed by atoms with Gasteiger partial charge in [0.15, 0.2) is 4.98 Å². The van der Waals surface area contributed by atoms with Gasteiger partial charge in [-0.25, -0.2) is 0 Å². The summed E-state index contributed by atoms with van der Waals surface area (Å²) in [5, 5.41) is 8.62. The molecule has 0 aliphatic heterocycles. The van der Waals surface area contributed by atoms with E-state index in [1.807, 2.05) is 25.1 Å². The van der Waals surface area contributed by atoms with E-state index < -0.39 is 7.81 Å². The van der Waals surface area contributed by atoms with Crippen LogP contribution in [-0.2, 0) is 0 Å². The Balaban J connectivity index is 0.000000486. The predicted octanol–water partition coefficient (Wildman–Crippen LogP) is 6.71. The molecule has 0 fully saturated rings. The van der Waals surface area contributed by atoms with Crippen LogP contribution in [0.1, 0.15) is 19.4 Å². The van der Waals surface area contributed by atoms with Crippen LogP contribution >= 0.6 is 7.81 Å². The van der Waals surface area contributed by atoms with Crippen molar-refractivity contribution in [1.82, 2.24) is 0 Å². The second-order valence-electron chi connectivity index (χ2n) is 4.20. The Morgan fingerprint density at radius 2 is 1.48 bits per heavy atom. The Morgan fingerprint density at radius 1 is 1.05 bits per heavy atom. The average molecular weight is 335 g/mol. The second-order valence-corrected chi connectivity index (χ2v) is 6.12. The van der Waals surface area contributed by atoms with Crippen molar-refractivity contribution >= 4 is 19.2 Å². The molecule has 0 spiro atoms. The van der Waals surface area contributed by atoms with Gasteiger partial charge in [0.1, 0.15) is 0 Å². The number of rotatable bonds is 3. The molecule has 0 amide bonds. The zero-order chi connectivity index (χ0) is 17.0. The molecule has 0 aliphatic carbocycles. The van der Waals surface area contributed by atoms with Gasteiger partial charge in [-0.05, 0) is 32.4 Å². The van der Waals surface area contributed by atoms with Crippen molar-refractivity contribution in [3.05, 3.63) is 28.7 Å². The molecule has 0 N–H and O–H groups in total. The topological polar surface area (TPSA) is 31.4 Å². The number of diazo groups is 1. The van der Waals surface area contributed by atoms with Gasteiger partial charge in [-0.15, -0.1) is 0 Å². The van der Waals surface area contributed by atoms with E-state index in [1.165, 1.54) is 5.69 Å². The molecule has 21 heavy (non-hydrogen) atoms. The Bertz CT molecular complexity index is 519. The molecule has 0 unspecified atom stereocenters. The van der Waals surface area contributed by atoms with E-state index in [-0.39, 0.29) is 0 Å². The molecule has 0 radical (unpaired) electrons. The van der Waals surface area contributed by atoms with Crippen LogP contribution in [0.2, 0.25) is 0 Å². The van der Waals surface area contributed by atoms with E-state index in [0.29, 0.717) is 5.69 Å². The van der Waals surface area contributed by atoms with Gasteiger partial charge in [0.25, 0.3) is 0 Å². The minimum atomic E-state index is -10.7. The van der Waals surface area contributed by atoms with Crippen LogP contribution in [0.15, 0.2) is 18.2 Å². The van der Waals surface area contributed by atoms with E-state index in [4.69, 9.17) is 5.39 Å². The van der Waals surface area contributed by atoms with E-state index >= 15 is 0 Å². The summed E-state index contributed by atoms with van der Waals surface area (Å²) in [4.78, 5) is 5.44. The standard InChI is InChI=1S/C11H16N3.F6P/c1-4-14(5-2)11-7-6-10(13-12)8-9(11)3;1-7(2,3,4,5)6/h6-8H,4-5H2,1-3H3;/q+1;-1. The van der Waals surface area contributed by atoms with Crippen LogP contribution < -0.4 is 4.90 Å². The summed E-state index contributed by atoms with van der Waals surface area (Å²) in [6.07, 6.45) is 0. The number of hydrogen-bond acceptors (Lipinski definition) is 2. The van der Waals surface area contributed by atoms with Gasteiger partial charge in [-0.3, -0.25) is 0 Å². The maximum atomic E-state index is 9.87. The summed E-state index contributed by atoms with van der Waals surface area (Å²) in [6.45, 7) is 8.28. The van der Waals surface area contributed by atoms with Crippen LogP contribution in [0.25, 0.3) is 4.98 Å². The number of aryl methyl sites for hydroxylation is 1. The summed E-state index contributed by atoms with van der Waals surface area (Å²) < 4.78 is 59.2. The molecule has 1 aromatic carbocycles. The quantitative estimate of drug-likeness (QED) is 0.349. The van der Waals surface area contributed by atoms with E-state index in [2.05, 4.69) is 23.7 Å². The summed E-state index contributed by atoms with van der Waals surface area (Å²) in [5.41, 5.74) is 2.96. The average Bonchev–Trinajstić information content (AvgIpc) is 2.28. The molecule has 0 atom stereocenters. The number of nitrogens with zero attached hydrogens (tertiary/aromatic N) is 3. The van der Waals surface area contributed by atoms with Crippen molar-refractivity contribution in [3.63, 3.8) is 0 Å². The zero-order valence-electron chi connectivity index (χ0n) is 11.7. The van der Waals surface area contributed by atoms with Crippen molar-refractivity contribution in [3.8, 4) is 0 Å². The van der Waals surface area contributed by atoms with E-state index in [0.717, 1.165) is 18.7 Å². The predicted molar refractivity (Wildman–Crippen MR) is 73.1 cm³/mol. The molecular weight excluding hydrogens is 319 g/mol. The van der Waals surface area contributed by atoms with Crippen molar-refractivity contribution in [1.29, 1.82) is 5.39 Å². The Hall–Kier alpha value is -1.55. The third-order valence-corrected chi connectivity index (χ3v) is 2.40. The molecule has 0 aliphatic rings. The molecule has 0 saturated heterocycles. The molecular formula is C11H16F6N3P. The van der Waals surface area contributed by atoms with E-state index in [9.17, 15) is 25.2 Å². The fourth-order valence-electron chi connectivity index (χ4n) is 1.62. The van der Waals surface area contributed by atoms with Crippen molar-refractivity contribution in [2.45, 2.75) is 20.8 Å². The van der Waals surface area contributed by atoms with Crippen LogP contribution in [0.4, 0.5) is 36.6 Å². The Morgan fingerprint density at radius 3 is 1.76 bits per heavy atom. The normalized spacial score (nSPS) is 14.1. The van der Waals surface area contributed by atoms with Gasteiger partial charge in [-0.1, -0.05) is 0 Å². The fourth-order valence-corrected chi connectivity index (χ4v) is 1.62. The van der Waals surface area contributed by atoms with E-state index in [1.54, 1.807) is 0 Å². The van der Waals surface area contributed by atoms with Gasteiger partial charge in [0, 0.05) is 30.9 Å². The number of benzene rings is 1. The molecule has 0 saturated carbocycles. The second kappa shape index (κ2) is 5.68. The first-order chi connectivity index (χ1) is 9.17. The molecule has 0 aromatic heterocycles. The van der Waals surface area contributed by atoms with Gasteiger partial charge in [0.05, 0.1) is 0 Å². The monoisotopic (exact) mass is 335 g/mol. The van der Waals surface area contributed by atoms with Gasteiger partial charge in [0.2, 0.25) is 5.39 Å².